The van der Waals surface area contributed by atoms with Crippen LogP contribution in [-0.2, 0) is 22.6 Å². The monoisotopic (exact) mass is 407 g/mol. The minimum atomic E-state index is -0.536. The number of aryl methyl sites for hydroxylation is 1. The van der Waals surface area contributed by atoms with E-state index in [9.17, 15) is 14.0 Å². The Balaban J connectivity index is 1.58. The van der Waals surface area contributed by atoms with Crippen molar-refractivity contribution in [3.05, 3.63) is 83.7 Å². The summed E-state index contributed by atoms with van der Waals surface area (Å²) < 4.78 is 19.3. The molecule has 6 nitrogen and oxygen atoms in total. The third-order valence-corrected chi connectivity index (χ3v) is 4.46. The molecule has 1 heterocycles. The van der Waals surface area contributed by atoms with Gasteiger partial charge in [-0.05, 0) is 35.7 Å². The van der Waals surface area contributed by atoms with Crippen molar-refractivity contribution in [3.8, 4) is 11.1 Å². The van der Waals surface area contributed by atoms with E-state index in [1.54, 1.807) is 12.3 Å². The number of aromatic nitrogens is 2. The second-order valence-electron chi connectivity index (χ2n) is 6.62. The minimum Gasteiger partial charge on any atom is -0.461 e. The van der Waals surface area contributed by atoms with Gasteiger partial charge < -0.3 is 10.1 Å². The van der Waals surface area contributed by atoms with Crippen molar-refractivity contribution in [1.29, 1.82) is 0 Å². The molecule has 7 heteroatoms. The number of amides is 1. The van der Waals surface area contributed by atoms with Crippen molar-refractivity contribution >= 4 is 11.9 Å². The number of hydrogen-bond acceptors (Lipinski definition) is 5. The van der Waals surface area contributed by atoms with Crippen LogP contribution in [-0.4, -0.2) is 28.4 Å². The van der Waals surface area contributed by atoms with Gasteiger partial charge in [0.1, 0.15) is 18.8 Å². The molecular weight excluding hydrogens is 385 g/mol. The number of benzene rings is 2. The lowest BCUT2D eigenvalue weighted by Gasteiger charge is -2.10. The maximum absolute atomic E-state index is 14.1. The van der Waals surface area contributed by atoms with Crippen LogP contribution in [0.5, 0.6) is 0 Å². The number of rotatable bonds is 8. The van der Waals surface area contributed by atoms with Crippen molar-refractivity contribution in [2.75, 3.05) is 6.54 Å². The van der Waals surface area contributed by atoms with Crippen LogP contribution in [0.4, 0.5) is 4.39 Å². The molecule has 0 fully saturated rings. The van der Waals surface area contributed by atoms with Crippen LogP contribution in [0.2, 0.25) is 0 Å². The molecule has 1 N–H and O–H groups in total. The summed E-state index contributed by atoms with van der Waals surface area (Å²) >= 11 is 0. The quantitative estimate of drug-likeness (QED) is 0.576. The molecular formula is C23H22FN3O3. The Morgan fingerprint density at radius 3 is 2.70 bits per heavy atom. The van der Waals surface area contributed by atoms with Gasteiger partial charge in [0, 0.05) is 23.9 Å². The van der Waals surface area contributed by atoms with Crippen LogP contribution in [0.3, 0.4) is 0 Å². The zero-order valence-corrected chi connectivity index (χ0v) is 16.6. The van der Waals surface area contributed by atoms with E-state index in [0.29, 0.717) is 17.5 Å². The molecule has 1 aromatic heterocycles. The Bertz CT molecular complexity index is 1030. The van der Waals surface area contributed by atoms with Gasteiger partial charge in [0.2, 0.25) is 0 Å². The zero-order valence-electron chi connectivity index (χ0n) is 16.6. The largest absolute Gasteiger partial charge is 0.461 e. The highest BCUT2D eigenvalue weighted by atomic mass is 19.1. The highest BCUT2D eigenvalue weighted by Gasteiger charge is 2.13. The summed E-state index contributed by atoms with van der Waals surface area (Å²) in [7, 11) is 0. The third-order valence-electron chi connectivity index (χ3n) is 4.46. The number of halogens is 1. The van der Waals surface area contributed by atoms with Crippen LogP contribution in [0.15, 0.2) is 61.1 Å². The first kappa shape index (κ1) is 21.1. The summed E-state index contributed by atoms with van der Waals surface area (Å²) in [6.07, 6.45) is 3.71. The van der Waals surface area contributed by atoms with E-state index in [2.05, 4.69) is 15.3 Å². The first-order valence-electron chi connectivity index (χ1n) is 9.64. The molecule has 0 unspecified atom stereocenters. The lowest BCUT2D eigenvalue weighted by molar-refractivity contribution is -0.144. The van der Waals surface area contributed by atoms with E-state index in [1.807, 2.05) is 37.3 Å². The number of carbonyl (C=O) groups excluding carboxylic acids is 2. The van der Waals surface area contributed by atoms with Crippen molar-refractivity contribution < 1.29 is 18.7 Å². The lowest BCUT2D eigenvalue weighted by Crippen LogP contribution is -2.26. The Morgan fingerprint density at radius 2 is 1.93 bits per heavy atom. The Kier molecular flexibility index (Phi) is 7.21. The fourth-order valence-electron chi connectivity index (χ4n) is 2.94. The van der Waals surface area contributed by atoms with Crippen molar-refractivity contribution in [2.24, 2.45) is 0 Å². The molecule has 1 amide bonds. The number of hydrogen-bond donors (Lipinski definition) is 1. The first-order chi connectivity index (χ1) is 14.6. The molecule has 0 aliphatic carbocycles. The molecule has 30 heavy (non-hydrogen) atoms. The Hall–Kier alpha value is -3.61. The highest BCUT2D eigenvalue weighted by Crippen LogP contribution is 2.24. The molecule has 0 aliphatic heterocycles. The molecule has 0 aliphatic rings. The summed E-state index contributed by atoms with van der Waals surface area (Å²) in [6.45, 7) is 2.21. The molecule has 154 valence electrons. The predicted octanol–water partition coefficient (Wildman–Crippen LogP) is 3.71. The van der Waals surface area contributed by atoms with Gasteiger partial charge in [-0.2, -0.15) is 0 Å². The highest BCUT2D eigenvalue weighted by molar-refractivity contribution is 5.95. The molecule has 0 atom stereocenters. The fourth-order valence-corrected chi connectivity index (χ4v) is 2.94. The second-order valence-corrected chi connectivity index (χ2v) is 6.62. The average molecular weight is 407 g/mol. The standard InChI is InChI=1S/C23H22FN3O3/c1-2-21-20(13-25-15-27-21)17-10-18(12-19(24)11-17)23(29)26-9-8-22(28)30-14-16-6-4-3-5-7-16/h3-7,10-13,15H,2,8-9,14H2,1H3,(H,26,29). The first-order valence-corrected chi connectivity index (χ1v) is 9.64. The van der Waals surface area contributed by atoms with Gasteiger partial charge >= 0.3 is 5.97 Å². The van der Waals surface area contributed by atoms with E-state index in [-0.39, 0.29) is 25.1 Å². The van der Waals surface area contributed by atoms with Gasteiger partial charge in [-0.25, -0.2) is 14.4 Å². The van der Waals surface area contributed by atoms with E-state index in [1.165, 1.54) is 12.4 Å². The van der Waals surface area contributed by atoms with Crippen LogP contribution < -0.4 is 5.32 Å². The van der Waals surface area contributed by atoms with Crippen LogP contribution in [0.25, 0.3) is 11.1 Å². The van der Waals surface area contributed by atoms with Gasteiger partial charge in [-0.1, -0.05) is 37.3 Å². The van der Waals surface area contributed by atoms with Gasteiger partial charge in [0.15, 0.2) is 0 Å². The summed E-state index contributed by atoms with van der Waals surface area (Å²) in [6, 6.07) is 13.4. The summed E-state index contributed by atoms with van der Waals surface area (Å²) in [5, 5.41) is 2.62. The number of esters is 1. The zero-order chi connectivity index (χ0) is 21.3. The van der Waals surface area contributed by atoms with Gasteiger partial charge in [0.25, 0.3) is 5.91 Å². The number of nitrogens with one attached hydrogen (secondary N) is 1. The SMILES string of the molecule is CCc1ncncc1-c1cc(F)cc(C(=O)NCCC(=O)OCc2ccccc2)c1. The molecule has 2 aromatic carbocycles. The molecule has 3 aromatic rings. The molecule has 0 saturated heterocycles. The summed E-state index contributed by atoms with van der Waals surface area (Å²) in [5.74, 6) is -1.43. The number of ether oxygens (including phenoxy) is 1. The van der Waals surface area contributed by atoms with Gasteiger partial charge in [0.05, 0.1) is 12.1 Å². The second kappa shape index (κ2) is 10.2. The van der Waals surface area contributed by atoms with Crippen LogP contribution in [0.1, 0.15) is 35.0 Å². The maximum Gasteiger partial charge on any atom is 0.307 e. The predicted molar refractivity (Wildman–Crippen MR) is 110 cm³/mol. The van der Waals surface area contributed by atoms with Gasteiger partial charge in [-0.3, -0.25) is 9.59 Å². The van der Waals surface area contributed by atoms with E-state index in [0.717, 1.165) is 17.3 Å². The average Bonchev–Trinajstić information content (AvgIpc) is 2.77. The van der Waals surface area contributed by atoms with E-state index >= 15 is 0 Å². The Labute approximate surface area is 174 Å². The molecule has 0 spiro atoms. The molecule has 3 rings (SSSR count). The van der Waals surface area contributed by atoms with Crippen molar-refractivity contribution in [3.63, 3.8) is 0 Å². The van der Waals surface area contributed by atoms with Crippen molar-refractivity contribution in [1.82, 2.24) is 15.3 Å². The molecule has 0 bridgehead atoms. The lowest BCUT2D eigenvalue weighted by atomic mass is 10.0. The van der Waals surface area contributed by atoms with E-state index < -0.39 is 17.7 Å². The smallest absolute Gasteiger partial charge is 0.307 e. The van der Waals surface area contributed by atoms with Crippen LogP contribution >= 0.6 is 0 Å². The summed E-state index contributed by atoms with van der Waals surface area (Å²) in [5.41, 5.74) is 3.02. The van der Waals surface area contributed by atoms with Crippen molar-refractivity contribution in [2.45, 2.75) is 26.4 Å². The number of carbonyl (C=O) groups is 2. The minimum absolute atomic E-state index is 0.0211. The molecule has 0 saturated carbocycles. The van der Waals surface area contributed by atoms with E-state index in [4.69, 9.17) is 4.74 Å². The molecule has 0 radical (unpaired) electrons. The maximum atomic E-state index is 14.1. The number of nitrogens with zero attached hydrogens (tertiary/aromatic N) is 2. The topological polar surface area (TPSA) is 81.2 Å². The third kappa shape index (κ3) is 5.70. The summed E-state index contributed by atoms with van der Waals surface area (Å²) in [4.78, 5) is 32.5. The van der Waals surface area contributed by atoms with Crippen LogP contribution in [0, 0.1) is 5.82 Å². The fraction of sp³-hybridized carbons (Fsp3) is 0.217. The normalized spacial score (nSPS) is 10.5. The van der Waals surface area contributed by atoms with Gasteiger partial charge in [-0.15, -0.1) is 0 Å². The Morgan fingerprint density at radius 1 is 1.13 bits per heavy atom.